The highest BCUT2D eigenvalue weighted by atomic mass is 32.1. The molecule has 2 aromatic carbocycles. The summed E-state index contributed by atoms with van der Waals surface area (Å²) >= 11 is 5.34. The number of nitrogens with zero attached hydrogens (tertiary/aromatic N) is 2. The Kier molecular flexibility index (Phi) is 5.57. The minimum Gasteiger partial charge on any atom is -0.318 e. The van der Waals surface area contributed by atoms with Crippen LogP contribution in [-0.2, 0) is 9.59 Å². The number of aromatic nitrogens is 1. The van der Waals surface area contributed by atoms with Crippen molar-refractivity contribution < 1.29 is 9.59 Å². The fraction of sp³-hybridized carbons (Fsp3) is 0.192. The summed E-state index contributed by atoms with van der Waals surface area (Å²) in [5, 5.41) is 2.76. The highest BCUT2D eigenvalue weighted by molar-refractivity contribution is 7.80. The van der Waals surface area contributed by atoms with Crippen molar-refractivity contribution in [3.63, 3.8) is 0 Å². The van der Waals surface area contributed by atoms with Gasteiger partial charge in [-0.3, -0.25) is 19.8 Å². The Morgan fingerprint density at radius 3 is 2.31 bits per heavy atom. The number of benzene rings is 2. The highest BCUT2D eigenvalue weighted by Crippen LogP contribution is 2.28. The van der Waals surface area contributed by atoms with Crippen LogP contribution in [0.15, 0.2) is 54.1 Å². The lowest BCUT2D eigenvalue weighted by atomic mass is 10.0. The lowest BCUT2D eigenvalue weighted by Crippen LogP contribution is -2.54. The predicted molar refractivity (Wildman–Crippen MR) is 132 cm³/mol. The van der Waals surface area contributed by atoms with E-state index in [-0.39, 0.29) is 10.7 Å². The molecule has 1 aliphatic rings. The maximum Gasteiger partial charge on any atom is 0.270 e. The van der Waals surface area contributed by atoms with Crippen LogP contribution in [0.4, 0.5) is 5.69 Å². The van der Waals surface area contributed by atoms with E-state index < -0.39 is 11.8 Å². The van der Waals surface area contributed by atoms with Gasteiger partial charge in [0.15, 0.2) is 5.11 Å². The number of nitrogens with one attached hydrogen (secondary N) is 1. The van der Waals surface area contributed by atoms with E-state index in [1.807, 2.05) is 64.1 Å². The van der Waals surface area contributed by atoms with Crippen molar-refractivity contribution in [2.45, 2.75) is 34.6 Å². The zero-order valence-electron chi connectivity index (χ0n) is 18.8. The van der Waals surface area contributed by atoms with Crippen LogP contribution in [0.1, 0.15) is 33.6 Å². The van der Waals surface area contributed by atoms with Crippen LogP contribution in [0, 0.1) is 34.6 Å². The van der Waals surface area contributed by atoms with Crippen molar-refractivity contribution in [3.8, 4) is 5.69 Å². The molecule has 32 heavy (non-hydrogen) atoms. The Hall–Kier alpha value is -3.51. The van der Waals surface area contributed by atoms with Crippen LogP contribution in [0.3, 0.4) is 0 Å². The molecule has 0 bridgehead atoms. The van der Waals surface area contributed by atoms with Crippen LogP contribution in [0.25, 0.3) is 11.8 Å². The molecular formula is C26H25N3O2S. The third-order valence-corrected chi connectivity index (χ3v) is 6.01. The van der Waals surface area contributed by atoms with Gasteiger partial charge in [0, 0.05) is 17.1 Å². The van der Waals surface area contributed by atoms with E-state index >= 15 is 0 Å². The maximum absolute atomic E-state index is 13.4. The lowest BCUT2D eigenvalue weighted by Gasteiger charge is -2.30. The second-order valence-corrected chi connectivity index (χ2v) is 8.64. The van der Waals surface area contributed by atoms with Crippen molar-refractivity contribution in [1.29, 1.82) is 0 Å². The fourth-order valence-corrected chi connectivity index (χ4v) is 4.46. The Balaban J connectivity index is 1.78. The molecule has 1 saturated heterocycles. The summed E-state index contributed by atoms with van der Waals surface area (Å²) in [7, 11) is 0. The van der Waals surface area contributed by atoms with Crippen LogP contribution >= 0.6 is 12.2 Å². The molecule has 6 heteroatoms. The number of carbonyl (C=O) groups excluding carboxylic acids is 2. The molecule has 1 aromatic heterocycles. The molecule has 0 atom stereocenters. The normalized spacial score (nSPS) is 15.5. The number of rotatable bonds is 3. The Bertz CT molecular complexity index is 1320. The number of hydrogen-bond donors (Lipinski definition) is 1. The molecule has 0 aliphatic carbocycles. The van der Waals surface area contributed by atoms with Crippen LogP contribution in [0.2, 0.25) is 0 Å². The zero-order chi connectivity index (χ0) is 23.2. The molecule has 2 heterocycles. The smallest absolute Gasteiger partial charge is 0.270 e. The number of aryl methyl sites for hydroxylation is 4. The molecule has 3 aromatic rings. The molecule has 0 unspecified atom stereocenters. The van der Waals surface area contributed by atoms with Gasteiger partial charge in [0.2, 0.25) is 0 Å². The first-order chi connectivity index (χ1) is 15.2. The van der Waals surface area contributed by atoms with Gasteiger partial charge in [-0.25, -0.2) is 0 Å². The van der Waals surface area contributed by atoms with Gasteiger partial charge in [0.1, 0.15) is 5.57 Å². The van der Waals surface area contributed by atoms with Gasteiger partial charge in [-0.1, -0.05) is 29.8 Å². The number of thiocarbonyl (C=S) groups is 1. The van der Waals surface area contributed by atoms with Crippen LogP contribution in [0.5, 0.6) is 0 Å². The van der Waals surface area contributed by atoms with Crippen molar-refractivity contribution in [2.75, 3.05) is 4.90 Å². The molecule has 1 aliphatic heterocycles. The van der Waals surface area contributed by atoms with Gasteiger partial charge in [-0.15, -0.1) is 0 Å². The monoisotopic (exact) mass is 443 g/mol. The van der Waals surface area contributed by atoms with Gasteiger partial charge in [-0.05, 0) is 93.9 Å². The predicted octanol–water partition coefficient (Wildman–Crippen LogP) is 4.85. The number of carbonyl (C=O) groups is 2. The molecule has 162 valence electrons. The first-order valence-electron chi connectivity index (χ1n) is 10.4. The van der Waals surface area contributed by atoms with E-state index in [2.05, 4.69) is 28.9 Å². The maximum atomic E-state index is 13.4. The number of hydrogen-bond acceptors (Lipinski definition) is 3. The van der Waals surface area contributed by atoms with Gasteiger partial charge < -0.3 is 4.57 Å². The first kappa shape index (κ1) is 21.7. The first-order valence-corrected chi connectivity index (χ1v) is 10.8. The fourth-order valence-electron chi connectivity index (χ4n) is 4.19. The van der Waals surface area contributed by atoms with E-state index in [1.54, 1.807) is 6.08 Å². The molecular weight excluding hydrogens is 418 g/mol. The van der Waals surface area contributed by atoms with Crippen LogP contribution in [-0.4, -0.2) is 21.5 Å². The number of anilines is 1. The van der Waals surface area contributed by atoms with Gasteiger partial charge >= 0.3 is 0 Å². The molecule has 4 rings (SSSR count). The van der Waals surface area contributed by atoms with E-state index in [1.165, 1.54) is 4.90 Å². The van der Waals surface area contributed by atoms with Crippen molar-refractivity contribution >= 4 is 40.9 Å². The molecule has 0 spiro atoms. The summed E-state index contributed by atoms with van der Waals surface area (Å²) in [5.41, 5.74) is 7.72. The van der Waals surface area contributed by atoms with E-state index in [9.17, 15) is 9.59 Å². The average molecular weight is 444 g/mol. The summed E-state index contributed by atoms with van der Waals surface area (Å²) in [6, 6.07) is 16.0. The van der Waals surface area contributed by atoms with Gasteiger partial charge in [0.25, 0.3) is 11.8 Å². The number of amides is 2. The molecule has 5 nitrogen and oxygen atoms in total. The van der Waals surface area contributed by atoms with Crippen molar-refractivity contribution in [2.24, 2.45) is 0 Å². The summed E-state index contributed by atoms with van der Waals surface area (Å²) in [6.07, 6.45) is 1.66. The SMILES string of the molecule is Cc1cccc(-n2c(C)cc(/C=C3\C(=O)NC(=S)N(c4ccc(C)cc4C)C3=O)c2C)c1. The van der Waals surface area contributed by atoms with E-state index in [4.69, 9.17) is 12.2 Å². The summed E-state index contributed by atoms with van der Waals surface area (Å²) < 4.78 is 2.12. The topological polar surface area (TPSA) is 54.3 Å². The summed E-state index contributed by atoms with van der Waals surface area (Å²) in [6.45, 7) is 9.96. The molecule has 0 saturated carbocycles. The van der Waals surface area contributed by atoms with Crippen LogP contribution < -0.4 is 10.2 Å². The lowest BCUT2D eigenvalue weighted by molar-refractivity contribution is -0.122. The third kappa shape index (κ3) is 3.78. The molecule has 1 fully saturated rings. The van der Waals surface area contributed by atoms with E-state index in [0.717, 1.165) is 39.3 Å². The standard InChI is InChI=1S/C26H25N3O2S/c1-15-7-6-8-21(12-15)28-18(4)13-20(19(28)5)14-22-24(30)27-26(32)29(25(22)31)23-10-9-16(2)11-17(23)3/h6-14H,1-5H3,(H,27,30,32)/b22-14+. The average Bonchev–Trinajstić information content (AvgIpc) is 2.99. The Morgan fingerprint density at radius 1 is 0.906 bits per heavy atom. The third-order valence-electron chi connectivity index (χ3n) is 5.72. The summed E-state index contributed by atoms with van der Waals surface area (Å²) in [5.74, 6) is -0.910. The molecule has 2 amide bonds. The summed E-state index contributed by atoms with van der Waals surface area (Å²) in [4.78, 5) is 27.5. The second kappa shape index (κ2) is 8.20. The Labute approximate surface area is 193 Å². The Morgan fingerprint density at radius 2 is 1.62 bits per heavy atom. The van der Waals surface area contributed by atoms with Crippen molar-refractivity contribution in [1.82, 2.24) is 9.88 Å². The second-order valence-electron chi connectivity index (χ2n) is 8.25. The minimum atomic E-state index is -0.485. The zero-order valence-corrected chi connectivity index (χ0v) is 19.6. The molecule has 0 radical (unpaired) electrons. The van der Waals surface area contributed by atoms with Gasteiger partial charge in [-0.2, -0.15) is 0 Å². The minimum absolute atomic E-state index is 0.0584. The van der Waals surface area contributed by atoms with E-state index in [0.29, 0.717) is 5.69 Å². The van der Waals surface area contributed by atoms with Crippen molar-refractivity contribution in [3.05, 3.63) is 87.7 Å². The highest BCUT2D eigenvalue weighted by Gasteiger charge is 2.35. The quantitative estimate of drug-likeness (QED) is 0.358. The molecule has 1 N–H and O–H groups in total. The largest absolute Gasteiger partial charge is 0.318 e. The van der Waals surface area contributed by atoms with Gasteiger partial charge in [0.05, 0.1) is 5.69 Å².